The van der Waals surface area contributed by atoms with Gasteiger partial charge in [-0.1, -0.05) is 17.7 Å². The van der Waals surface area contributed by atoms with Crippen LogP contribution in [0.3, 0.4) is 0 Å². The van der Waals surface area contributed by atoms with E-state index in [9.17, 15) is 4.79 Å². The number of hydrogen-bond donors (Lipinski definition) is 1. The molecule has 0 spiro atoms. The zero-order valence-electron chi connectivity index (χ0n) is 9.16. The van der Waals surface area contributed by atoms with E-state index in [2.05, 4.69) is 0 Å². The van der Waals surface area contributed by atoms with Gasteiger partial charge in [-0.05, 0) is 37.1 Å². The van der Waals surface area contributed by atoms with Gasteiger partial charge in [0.15, 0.2) is 0 Å². The highest BCUT2D eigenvalue weighted by Gasteiger charge is 2.02. The highest BCUT2D eigenvalue weighted by molar-refractivity contribution is 6.32. The Labute approximate surface area is 99.3 Å². The average molecular weight is 241 g/mol. The van der Waals surface area contributed by atoms with Crippen molar-refractivity contribution in [3.8, 4) is 5.75 Å². The van der Waals surface area contributed by atoms with Crippen molar-refractivity contribution in [2.75, 3.05) is 6.61 Å². The third-order valence-electron chi connectivity index (χ3n) is 1.91. The molecule has 86 valence electrons. The van der Waals surface area contributed by atoms with Gasteiger partial charge in [0.1, 0.15) is 12.4 Å². The fourth-order valence-corrected chi connectivity index (χ4v) is 1.34. The van der Waals surface area contributed by atoms with E-state index in [1.54, 1.807) is 13.0 Å². The molecule has 3 nitrogen and oxygen atoms in total. The summed E-state index contributed by atoms with van der Waals surface area (Å²) in [5.74, 6) is -0.406. The minimum absolute atomic E-state index is 0.218. The van der Waals surface area contributed by atoms with Crippen LogP contribution in [0.4, 0.5) is 0 Å². The lowest BCUT2D eigenvalue weighted by Gasteiger charge is -2.08. The first kappa shape index (κ1) is 12.6. The van der Waals surface area contributed by atoms with E-state index >= 15 is 0 Å². The van der Waals surface area contributed by atoms with Gasteiger partial charge in [-0.25, -0.2) is 4.79 Å². The second-order valence-corrected chi connectivity index (χ2v) is 3.96. The van der Waals surface area contributed by atoms with E-state index in [0.717, 1.165) is 11.6 Å². The van der Waals surface area contributed by atoms with Crippen LogP contribution in [-0.2, 0) is 4.79 Å². The summed E-state index contributed by atoms with van der Waals surface area (Å²) in [5.41, 5.74) is 1.67. The van der Waals surface area contributed by atoms with Gasteiger partial charge < -0.3 is 9.84 Å². The Morgan fingerprint density at radius 3 is 2.88 bits per heavy atom. The minimum Gasteiger partial charge on any atom is -0.488 e. The maximum absolute atomic E-state index is 10.4. The molecule has 0 aromatic heterocycles. The zero-order valence-corrected chi connectivity index (χ0v) is 9.91. The Bertz CT molecular complexity index is 424. The Morgan fingerprint density at radius 2 is 2.25 bits per heavy atom. The zero-order chi connectivity index (χ0) is 12.1. The number of aryl methyl sites for hydroxylation is 1. The number of halogens is 1. The number of carboxylic acid groups (broad SMARTS) is 1. The molecule has 0 aliphatic rings. The summed E-state index contributed by atoms with van der Waals surface area (Å²) >= 11 is 5.92. The second kappa shape index (κ2) is 5.56. The maximum atomic E-state index is 10.4. The molecule has 4 heteroatoms. The van der Waals surface area contributed by atoms with Crippen molar-refractivity contribution in [2.45, 2.75) is 13.8 Å². The SMILES string of the molecule is CC(=CC(=O)O)COc1cc(C)ccc1Cl. The van der Waals surface area contributed by atoms with Gasteiger partial charge in [-0.2, -0.15) is 0 Å². The molecule has 0 bridgehead atoms. The Morgan fingerprint density at radius 1 is 1.56 bits per heavy atom. The van der Waals surface area contributed by atoms with E-state index < -0.39 is 5.97 Å². The molecule has 1 aromatic rings. The summed E-state index contributed by atoms with van der Waals surface area (Å²) in [6.45, 7) is 3.84. The van der Waals surface area contributed by atoms with Crippen LogP contribution < -0.4 is 4.74 Å². The third kappa shape index (κ3) is 3.95. The molecule has 1 N–H and O–H groups in total. The number of rotatable bonds is 4. The van der Waals surface area contributed by atoms with Crippen LogP contribution in [0.1, 0.15) is 12.5 Å². The van der Waals surface area contributed by atoms with Crippen molar-refractivity contribution in [1.29, 1.82) is 0 Å². The molecule has 0 aliphatic carbocycles. The second-order valence-electron chi connectivity index (χ2n) is 3.55. The molecule has 0 saturated heterocycles. The molecule has 16 heavy (non-hydrogen) atoms. The Kier molecular flexibility index (Phi) is 4.38. The van der Waals surface area contributed by atoms with Crippen molar-refractivity contribution in [3.63, 3.8) is 0 Å². The van der Waals surface area contributed by atoms with Crippen molar-refractivity contribution >= 4 is 17.6 Å². The van der Waals surface area contributed by atoms with Crippen LogP contribution in [0, 0.1) is 6.92 Å². The molecule has 1 aromatic carbocycles. The topological polar surface area (TPSA) is 46.5 Å². The standard InChI is InChI=1S/C12H13ClO3/c1-8-3-4-10(13)11(5-8)16-7-9(2)6-12(14)15/h3-6H,7H2,1-2H3,(H,14,15). The Hall–Kier alpha value is -1.48. The molecular formula is C12H13ClO3. The summed E-state index contributed by atoms with van der Waals surface area (Å²) in [4.78, 5) is 10.4. The highest BCUT2D eigenvalue weighted by Crippen LogP contribution is 2.25. The normalized spacial score (nSPS) is 11.3. The predicted molar refractivity (Wildman–Crippen MR) is 63.1 cm³/mol. The first-order valence-corrected chi connectivity index (χ1v) is 5.16. The van der Waals surface area contributed by atoms with Crippen molar-refractivity contribution < 1.29 is 14.6 Å². The van der Waals surface area contributed by atoms with Crippen LogP contribution >= 0.6 is 11.6 Å². The maximum Gasteiger partial charge on any atom is 0.328 e. The van der Waals surface area contributed by atoms with Gasteiger partial charge in [0, 0.05) is 6.08 Å². The van der Waals surface area contributed by atoms with Gasteiger partial charge in [0.2, 0.25) is 0 Å². The summed E-state index contributed by atoms with van der Waals surface area (Å²) < 4.78 is 5.42. The molecule has 0 heterocycles. The first-order chi connectivity index (χ1) is 7.49. The molecular weight excluding hydrogens is 228 g/mol. The fraction of sp³-hybridized carbons (Fsp3) is 0.250. The quantitative estimate of drug-likeness (QED) is 0.823. The van der Waals surface area contributed by atoms with E-state index in [-0.39, 0.29) is 6.61 Å². The third-order valence-corrected chi connectivity index (χ3v) is 2.22. The molecule has 0 atom stereocenters. The molecule has 0 aliphatic heterocycles. The van der Waals surface area contributed by atoms with Gasteiger partial charge in [0.25, 0.3) is 0 Å². The van der Waals surface area contributed by atoms with Crippen molar-refractivity contribution in [3.05, 3.63) is 40.4 Å². The summed E-state index contributed by atoms with van der Waals surface area (Å²) in [6.07, 6.45) is 1.11. The lowest BCUT2D eigenvalue weighted by atomic mass is 10.2. The van der Waals surface area contributed by atoms with E-state index in [4.69, 9.17) is 21.4 Å². The fourth-order valence-electron chi connectivity index (χ4n) is 1.17. The van der Waals surface area contributed by atoms with Gasteiger partial charge in [-0.15, -0.1) is 0 Å². The average Bonchev–Trinajstić information content (AvgIpc) is 2.18. The lowest BCUT2D eigenvalue weighted by molar-refractivity contribution is -0.131. The molecule has 0 radical (unpaired) electrons. The summed E-state index contributed by atoms with van der Waals surface area (Å²) in [5, 5.41) is 9.04. The summed E-state index contributed by atoms with van der Waals surface area (Å²) in [7, 11) is 0. The van der Waals surface area contributed by atoms with Gasteiger partial charge in [0.05, 0.1) is 5.02 Å². The van der Waals surface area contributed by atoms with E-state index in [0.29, 0.717) is 16.3 Å². The number of aliphatic carboxylic acids is 1. The summed E-state index contributed by atoms with van der Waals surface area (Å²) in [6, 6.07) is 5.45. The van der Waals surface area contributed by atoms with E-state index in [1.165, 1.54) is 0 Å². The number of ether oxygens (including phenoxy) is 1. The van der Waals surface area contributed by atoms with Crippen LogP contribution in [0.25, 0.3) is 0 Å². The van der Waals surface area contributed by atoms with Crippen LogP contribution in [0.5, 0.6) is 5.75 Å². The van der Waals surface area contributed by atoms with Crippen LogP contribution in [-0.4, -0.2) is 17.7 Å². The number of benzene rings is 1. The Balaban J connectivity index is 2.68. The largest absolute Gasteiger partial charge is 0.488 e. The monoisotopic (exact) mass is 240 g/mol. The highest BCUT2D eigenvalue weighted by atomic mass is 35.5. The predicted octanol–water partition coefficient (Wildman–Crippen LogP) is 3.06. The lowest BCUT2D eigenvalue weighted by Crippen LogP contribution is -2.01. The van der Waals surface area contributed by atoms with Gasteiger partial charge in [-0.3, -0.25) is 0 Å². The molecule has 0 fully saturated rings. The van der Waals surface area contributed by atoms with Crippen molar-refractivity contribution in [1.82, 2.24) is 0 Å². The van der Waals surface area contributed by atoms with Gasteiger partial charge >= 0.3 is 5.97 Å². The minimum atomic E-state index is -0.976. The number of hydrogen-bond acceptors (Lipinski definition) is 2. The van der Waals surface area contributed by atoms with Crippen LogP contribution in [0.15, 0.2) is 29.8 Å². The van der Waals surface area contributed by atoms with Crippen LogP contribution in [0.2, 0.25) is 5.02 Å². The smallest absolute Gasteiger partial charge is 0.328 e. The first-order valence-electron chi connectivity index (χ1n) is 4.78. The molecule has 1 rings (SSSR count). The van der Waals surface area contributed by atoms with E-state index in [1.807, 2.05) is 19.1 Å². The molecule has 0 unspecified atom stereocenters. The molecule has 0 amide bonds. The number of carbonyl (C=O) groups is 1. The molecule has 0 saturated carbocycles. The van der Waals surface area contributed by atoms with Crippen molar-refractivity contribution in [2.24, 2.45) is 0 Å². The number of carboxylic acids is 1.